The summed E-state index contributed by atoms with van der Waals surface area (Å²) in [5, 5.41) is 3.05. The van der Waals surface area contributed by atoms with E-state index in [0.29, 0.717) is 17.9 Å². The summed E-state index contributed by atoms with van der Waals surface area (Å²) in [6, 6.07) is 0.352. The Morgan fingerprint density at radius 3 is 2.44 bits per heavy atom. The summed E-state index contributed by atoms with van der Waals surface area (Å²) >= 11 is 0. The molecule has 1 aromatic rings. The van der Waals surface area contributed by atoms with E-state index >= 15 is 0 Å². The van der Waals surface area contributed by atoms with Crippen LogP contribution in [0.3, 0.4) is 0 Å². The van der Waals surface area contributed by atoms with E-state index in [4.69, 9.17) is 4.74 Å². The van der Waals surface area contributed by atoms with Crippen LogP contribution in [0.2, 0.25) is 0 Å². The zero-order chi connectivity index (χ0) is 12.1. The smallest absolute Gasteiger partial charge is 0.323 e. The van der Waals surface area contributed by atoms with Crippen molar-refractivity contribution in [1.82, 2.24) is 15.0 Å². The van der Waals surface area contributed by atoms with Gasteiger partial charge in [-0.2, -0.15) is 15.0 Å². The maximum Gasteiger partial charge on any atom is 0.323 e. The molecule has 0 aliphatic heterocycles. The average Bonchev–Trinajstić information content (AvgIpc) is 2.16. The third-order valence-corrected chi connectivity index (χ3v) is 1.68. The molecule has 0 spiro atoms. The molecule has 0 aromatic carbocycles. The maximum atomic E-state index is 5.46. The molecule has 0 amide bonds. The van der Waals surface area contributed by atoms with Crippen molar-refractivity contribution in [2.75, 3.05) is 30.9 Å². The van der Waals surface area contributed by atoms with Crippen LogP contribution in [-0.2, 0) is 0 Å². The number of anilines is 2. The van der Waals surface area contributed by atoms with Crippen molar-refractivity contribution in [2.45, 2.75) is 26.9 Å². The zero-order valence-electron chi connectivity index (χ0n) is 10.5. The molecule has 0 saturated carbocycles. The summed E-state index contributed by atoms with van der Waals surface area (Å²) in [6.07, 6.45) is 0.0480. The van der Waals surface area contributed by atoms with Crippen LogP contribution in [-0.4, -0.2) is 41.7 Å². The van der Waals surface area contributed by atoms with Crippen molar-refractivity contribution in [1.29, 1.82) is 0 Å². The maximum absolute atomic E-state index is 5.46. The van der Waals surface area contributed by atoms with Gasteiger partial charge in [0, 0.05) is 20.6 Å². The minimum absolute atomic E-state index is 0.0480. The summed E-state index contributed by atoms with van der Waals surface area (Å²) in [4.78, 5) is 14.4. The van der Waals surface area contributed by atoms with E-state index in [1.807, 2.05) is 39.8 Å². The van der Waals surface area contributed by atoms with E-state index in [9.17, 15) is 0 Å². The molecule has 0 radical (unpaired) electrons. The highest BCUT2D eigenvalue weighted by Gasteiger charge is 2.09. The predicted molar refractivity (Wildman–Crippen MR) is 64.1 cm³/mol. The highest BCUT2D eigenvalue weighted by molar-refractivity contribution is 5.36. The van der Waals surface area contributed by atoms with Crippen LogP contribution in [0.5, 0.6) is 6.01 Å². The topological polar surface area (TPSA) is 63.2 Å². The van der Waals surface area contributed by atoms with Crippen LogP contribution >= 0.6 is 0 Å². The van der Waals surface area contributed by atoms with Crippen molar-refractivity contribution in [2.24, 2.45) is 0 Å². The fourth-order valence-electron chi connectivity index (χ4n) is 1.05. The monoisotopic (exact) mass is 225 g/mol. The number of aromatic nitrogens is 3. The Kier molecular flexibility index (Phi) is 4.28. The van der Waals surface area contributed by atoms with Crippen molar-refractivity contribution < 1.29 is 4.74 Å². The van der Waals surface area contributed by atoms with Gasteiger partial charge in [-0.25, -0.2) is 0 Å². The lowest BCUT2D eigenvalue weighted by Crippen LogP contribution is -2.17. The quantitative estimate of drug-likeness (QED) is 0.811. The van der Waals surface area contributed by atoms with Crippen LogP contribution in [0.1, 0.15) is 20.8 Å². The lowest BCUT2D eigenvalue weighted by Gasteiger charge is -2.14. The number of nitrogens with one attached hydrogen (secondary N) is 1. The molecule has 0 saturated heterocycles. The Bertz CT molecular complexity index is 340. The molecule has 0 fully saturated rings. The minimum Gasteiger partial charge on any atom is -0.461 e. The van der Waals surface area contributed by atoms with Crippen LogP contribution in [0.15, 0.2) is 0 Å². The molecule has 0 aliphatic carbocycles. The van der Waals surface area contributed by atoms with Crippen molar-refractivity contribution >= 4 is 11.9 Å². The Balaban J connectivity index is 2.98. The van der Waals surface area contributed by atoms with Crippen molar-refractivity contribution in [3.63, 3.8) is 0 Å². The highest BCUT2D eigenvalue weighted by atomic mass is 16.5. The molecule has 1 heterocycles. The molecule has 90 valence electrons. The summed E-state index contributed by atoms with van der Waals surface area (Å²) in [5.41, 5.74) is 0. The van der Waals surface area contributed by atoms with Crippen molar-refractivity contribution in [3.8, 4) is 6.01 Å². The molecule has 0 bridgehead atoms. The lowest BCUT2D eigenvalue weighted by molar-refractivity contribution is 0.222. The summed E-state index contributed by atoms with van der Waals surface area (Å²) in [5.74, 6) is 1.12. The van der Waals surface area contributed by atoms with Crippen LogP contribution < -0.4 is 15.0 Å². The van der Waals surface area contributed by atoms with Gasteiger partial charge in [0.2, 0.25) is 11.9 Å². The van der Waals surface area contributed by atoms with E-state index in [0.717, 1.165) is 6.54 Å². The van der Waals surface area contributed by atoms with Gasteiger partial charge in [-0.3, -0.25) is 0 Å². The predicted octanol–water partition coefficient (Wildman–Crippen LogP) is 1.16. The van der Waals surface area contributed by atoms with Gasteiger partial charge in [0.15, 0.2) is 0 Å². The summed E-state index contributed by atoms with van der Waals surface area (Å²) in [7, 11) is 3.76. The first-order chi connectivity index (χ1) is 7.52. The number of ether oxygens (including phenoxy) is 1. The first kappa shape index (κ1) is 12.5. The first-order valence-corrected chi connectivity index (χ1v) is 5.36. The second-order valence-corrected chi connectivity index (χ2v) is 3.83. The van der Waals surface area contributed by atoms with Crippen LogP contribution in [0.4, 0.5) is 11.9 Å². The normalized spacial score (nSPS) is 10.4. The standard InChI is InChI=1S/C10H19N5O/c1-6-11-8-12-9(15(4)5)14-10(13-8)16-7(2)3/h7H,6H2,1-5H3,(H,11,12,13,14). The largest absolute Gasteiger partial charge is 0.461 e. The van der Waals surface area contributed by atoms with E-state index in [1.54, 1.807) is 0 Å². The SMILES string of the molecule is CCNc1nc(OC(C)C)nc(N(C)C)n1. The third-order valence-electron chi connectivity index (χ3n) is 1.68. The van der Waals surface area contributed by atoms with E-state index < -0.39 is 0 Å². The van der Waals surface area contributed by atoms with Gasteiger partial charge < -0.3 is 15.0 Å². The fraction of sp³-hybridized carbons (Fsp3) is 0.700. The summed E-state index contributed by atoms with van der Waals surface area (Å²) in [6.45, 7) is 6.62. The molecule has 6 nitrogen and oxygen atoms in total. The van der Waals surface area contributed by atoms with Gasteiger partial charge in [-0.1, -0.05) is 0 Å². The number of nitrogens with zero attached hydrogens (tertiary/aromatic N) is 4. The molecule has 0 aliphatic rings. The Hall–Kier alpha value is -1.59. The van der Waals surface area contributed by atoms with Crippen LogP contribution in [0, 0.1) is 0 Å². The van der Waals surface area contributed by atoms with E-state index in [2.05, 4.69) is 20.3 Å². The second-order valence-electron chi connectivity index (χ2n) is 3.83. The number of hydrogen-bond acceptors (Lipinski definition) is 6. The Morgan fingerprint density at radius 1 is 1.25 bits per heavy atom. The molecular formula is C10H19N5O. The Morgan fingerprint density at radius 2 is 1.94 bits per heavy atom. The molecule has 6 heteroatoms. The van der Waals surface area contributed by atoms with Gasteiger partial charge in [0.1, 0.15) is 0 Å². The molecule has 0 atom stereocenters. The van der Waals surface area contributed by atoms with Crippen LogP contribution in [0.25, 0.3) is 0 Å². The summed E-state index contributed by atoms with van der Waals surface area (Å²) < 4.78 is 5.46. The minimum atomic E-state index is 0.0480. The molecular weight excluding hydrogens is 206 g/mol. The first-order valence-electron chi connectivity index (χ1n) is 5.36. The molecule has 1 rings (SSSR count). The third kappa shape index (κ3) is 3.52. The van der Waals surface area contributed by atoms with E-state index in [-0.39, 0.29) is 6.10 Å². The Labute approximate surface area is 96.1 Å². The van der Waals surface area contributed by atoms with Gasteiger partial charge in [0.05, 0.1) is 6.10 Å². The molecule has 1 N–H and O–H groups in total. The highest BCUT2D eigenvalue weighted by Crippen LogP contribution is 2.13. The molecule has 1 aromatic heterocycles. The van der Waals surface area contributed by atoms with Gasteiger partial charge in [-0.05, 0) is 20.8 Å². The van der Waals surface area contributed by atoms with E-state index in [1.165, 1.54) is 0 Å². The number of hydrogen-bond donors (Lipinski definition) is 1. The molecule has 16 heavy (non-hydrogen) atoms. The van der Waals surface area contributed by atoms with Gasteiger partial charge >= 0.3 is 6.01 Å². The fourth-order valence-corrected chi connectivity index (χ4v) is 1.05. The van der Waals surface area contributed by atoms with Crippen molar-refractivity contribution in [3.05, 3.63) is 0 Å². The van der Waals surface area contributed by atoms with Gasteiger partial charge in [-0.15, -0.1) is 0 Å². The molecule has 0 unspecified atom stereocenters. The second kappa shape index (κ2) is 5.48. The lowest BCUT2D eigenvalue weighted by atomic mass is 10.5. The average molecular weight is 225 g/mol. The van der Waals surface area contributed by atoms with Gasteiger partial charge in [0.25, 0.3) is 0 Å². The number of rotatable bonds is 5. The zero-order valence-corrected chi connectivity index (χ0v) is 10.5.